The molecule has 0 aliphatic heterocycles. The number of carbonyl (C=O) groups is 1. The van der Waals surface area contributed by atoms with Gasteiger partial charge in [-0.25, -0.2) is 4.79 Å². The summed E-state index contributed by atoms with van der Waals surface area (Å²) in [5.74, 6) is -0.262. The van der Waals surface area contributed by atoms with Crippen LogP contribution >= 0.6 is 31.9 Å². The summed E-state index contributed by atoms with van der Waals surface area (Å²) in [6, 6.07) is 12.9. The van der Waals surface area contributed by atoms with Crippen LogP contribution in [-0.4, -0.2) is 15.0 Å². The lowest BCUT2D eigenvalue weighted by Gasteiger charge is -2.08. The summed E-state index contributed by atoms with van der Waals surface area (Å²) >= 11 is 6.76. The Kier molecular flexibility index (Phi) is 4.41. The number of hydrogen-bond acceptors (Lipinski definition) is 2. The maximum absolute atomic E-state index is 12.3. The van der Waals surface area contributed by atoms with Crippen LogP contribution < -0.4 is 11.0 Å². The number of aromatic nitrogens is 2. The van der Waals surface area contributed by atoms with Crippen molar-refractivity contribution in [2.45, 2.75) is 6.54 Å². The van der Waals surface area contributed by atoms with Crippen molar-refractivity contribution in [2.24, 2.45) is 7.05 Å². The highest BCUT2D eigenvalue weighted by Gasteiger charge is 2.14. The fourth-order valence-electron chi connectivity index (χ4n) is 2.44. The minimum Gasteiger partial charge on any atom is -0.323 e. The van der Waals surface area contributed by atoms with Crippen molar-refractivity contribution in [3.05, 3.63) is 61.9 Å². The molecule has 2 aromatic carbocycles. The number of nitrogens with zero attached hydrogens (tertiary/aromatic N) is 2. The zero-order chi connectivity index (χ0) is 16.6. The van der Waals surface area contributed by atoms with Crippen molar-refractivity contribution >= 4 is 54.5 Å². The normalized spacial score (nSPS) is 10.9. The van der Waals surface area contributed by atoms with E-state index in [1.807, 2.05) is 36.4 Å². The average Bonchev–Trinajstić information content (AvgIpc) is 2.76. The molecule has 5 nitrogen and oxygen atoms in total. The zero-order valence-electron chi connectivity index (χ0n) is 12.2. The largest absolute Gasteiger partial charge is 0.329 e. The Labute approximate surface area is 149 Å². The fraction of sp³-hybridized carbons (Fsp3) is 0.125. The van der Waals surface area contributed by atoms with Gasteiger partial charge in [-0.2, -0.15) is 0 Å². The van der Waals surface area contributed by atoms with Gasteiger partial charge in [-0.3, -0.25) is 13.9 Å². The van der Waals surface area contributed by atoms with Crippen LogP contribution in [0.15, 0.2) is 56.2 Å². The molecule has 1 heterocycles. The maximum Gasteiger partial charge on any atom is 0.329 e. The number of carbonyl (C=O) groups excluding carboxylic acids is 1. The molecular formula is C16H13Br2N3O2. The van der Waals surface area contributed by atoms with E-state index in [0.29, 0.717) is 5.69 Å². The van der Waals surface area contributed by atoms with Gasteiger partial charge in [0.25, 0.3) is 0 Å². The Bertz CT molecular complexity index is 960. The average molecular weight is 439 g/mol. The molecule has 0 saturated carbocycles. The highest BCUT2D eigenvalue weighted by atomic mass is 79.9. The van der Waals surface area contributed by atoms with Gasteiger partial charge in [-0.1, -0.05) is 28.1 Å². The van der Waals surface area contributed by atoms with E-state index >= 15 is 0 Å². The Hall–Kier alpha value is -1.86. The Morgan fingerprint density at radius 3 is 2.57 bits per heavy atom. The molecule has 23 heavy (non-hydrogen) atoms. The Morgan fingerprint density at radius 2 is 1.83 bits per heavy atom. The van der Waals surface area contributed by atoms with E-state index in [-0.39, 0.29) is 18.1 Å². The first-order valence-corrected chi connectivity index (χ1v) is 8.45. The summed E-state index contributed by atoms with van der Waals surface area (Å²) in [7, 11) is 1.70. The fourth-order valence-corrected chi connectivity index (χ4v) is 3.15. The van der Waals surface area contributed by atoms with Crippen LogP contribution in [0.5, 0.6) is 0 Å². The van der Waals surface area contributed by atoms with E-state index in [1.54, 1.807) is 13.1 Å². The van der Waals surface area contributed by atoms with Crippen LogP contribution in [0.4, 0.5) is 5.69 Å². The summed E-state index contributed by atoms with van der Waals surface area (Å²) < 4.78 is 4.64. The van der Waals surface area contributed by atoms with Crippen molar-refractivity contribution in [1.82, 2.24) is 9.13 Å². The molecule has 7 heteroatoms. The lowest BCUT2D eigenvalue weighted by Crippen LogP contribution is -2.28. The Morgan fingerprint density at radius 1 is 1.13 bits per heavy atom. The molecule has 3 rings (SSSR count). The van der Waals surface area contributed by atoms with Crippen LogP contribution in [-0.2, 0) is 18.4 Å². The van der Waals surface area contributed by atoms with Crippen molar-refractivity contribution in [3.63, 3.8) is 0 Å². The van der Waals surface area contributed by atoms with Crippen molar-refractivity contribution < 1.29 is 4.79 Å². The zero-order valence-corrected chi connectivity index (χ0v) is 15.4. The molecule has 0 radical (unpaired) electrons. The van der Waals surface area contributed by atoms with Crippen LogP contribution in [0.25, 0.3) is 11.0 Å². The minimum atomic E-state index is -0.262. The standard InChI is InChI=1S/C16H13Br2N3O2/c1-20-13-4-2-3-5-14(13)21(16(20)23)9-15(22)19-12-8-10(17)6-7-11(12)18/h2-8H,9H2,1H3,(H,19,22). The highest BCUT2D eigenvalue weighted by Crippen LogP contribution is 2.26. The number of para-hydroxylation sites is 2. The van der Waals surface area contributed by atoms with Gasteiger partial charge in [0, 0.05) is 16.0 Å². The molecule has 0 fully saturated rings. The lowest BCUT2D eigenvalue weighted by atomic mass is 10.3. The van der Waals surface area contributed by atoms with Crippen LogP contribution in [0.1, 0.15) is 0 Å². The third-order valence-electron chi connectivity index (χ3n) is 3.56. The van der Waals surface area contributed by atoms with E-state index in [4.69, 9.17) is 0 Å². The summed E-state index contributed by atoms with van der Waals surface area (Å²) in [5.41, 5.74) is 1.98. The predicted octanol–water partition coefficient (Wildman–Crippen LogP) is 3.50. The summed E-state index contributed by atoms with van der Waals surface area (Å²) in [6.45, 7) is -0.0425. The topological polar surface area (TPSA) is 56.0 Å². The van der Waals surface area contributed by atoms with Gasteiger partial charge in [-0.15, -0.1) is 0 Å². The number of aryl methyl sites for hydroxylation is 1. The van der Waals surface area contributed by atoms with Crippen LogP contribution in [0, 0.1) is 0 Å². The number of imidazole rings is 1. The number of fused-ring (bicyclic) bond motifs is 1. The van der Waals surface area contributed by atoms with Gasteiger partial charge in [0.1, 0.15) is 6.54 Å². The Balaban J connectivity index is 1.91. The van der Waals surface area contributed by atoms with Crippen LogP contribution in [0.3, 0.4) is 0 Å². The number of amides is 1. The van der Waals surface area contributed by atoms with Gasteiger partial charge in [-0.05, 0) is 46.3 Å². The first-order valence-electron chi connectivity index (χ1n) is 6.86. The number of halogens is 2. The number of benzene rings is 2. The number of nitrogens with one attached hydrogen (secondary N) is 1. The van der Waals surface area contributed by atoms with Gasteiger partial charge < -0.3 is 5.32 Å². The minimum absolute atomic E-state index is 0.0425. The molecule has 1 aromatic heterocycles. The predicted molar refractivity (Wildman–Crippen MR) is 97.7 cm³/mol. The maximum atomic E-state index is 12.3. The summed E-state index contributed by atoms with van der Waals surface area (Å²) in [6.07, 6.45) is 0. The van der Waals surface area contributed by atoms with Crippen molar-refractivity contribution in [3.8, 4) is 0 Å². The monoisotopic (exact) mass is 437 g/mol. The molecule has 0 spiro atoms. The molecule has 0 aliphatic carbocycles. The van der Waals surface area contributed by atoms with Gasteiger partial charge in [0.15, 0.2) is 0 Å². The smallest absolute Gasteiger partial charge is 0.323 e. The molecule has 0 bridgehead atoms. The SMILES string of the molecule is Cn1c(=O)n(CC(=O)Nc2cc(Br)ccc2Br)c2ccccc21. The molecule has 1 N–H and O–H groups in total. The molecule has 0 aliphatic rings. The summed E-state index contributed by atoms with van der Waals surface area (Å²) in [4.78, 5) is 24.7. The van der Waals surface area contributed by atoms with Crippen LogP contribution in [0.2, 0.25) is 0 Å². The van der Waals surface area contributed by atoms with E-state index in [2.05, 4.69) is 37.2 Å². The van der Waals surface area contributed by atoms with E-state index in [0.717, 1.165) is 20.0 Å². The molecule has 0 unspecified atom stereocenters. The van der Waals surface area contributed by atoms with Gasteiger partial charge >= 0.3 is 5.69 Å². The molecule has 1 amide bonds. The first-order chi connectivity index (χ1) is 11.0. The number of anilines is 1. The second kappa shape index (κ2) is 6.33. The molecule has 118 valence electrons. The third-order valence-corrected chi connectivity index (χ3v) is 4.74. The quantitative estimate of drug-likeness (QED) is 0.680. The van der Waals surface area contributed by atoms with E-state index in [9.17, 15) is 9.59 Å². The van der Waals surface area contributed by atoms with Crippen molar-refractivity contribution in [1.29, 1.82) is 0 Å². The van der Waals surface area contributed by atoms with E-state index < -0.39 is 0 Å². The van der Waals surface area contributed by atoms with Gasteiger partial charge in [0.05, 0.1) is 16.7 Å². The molecule has 0 saturated heterocycles. The second-order valence-electron chi connectivity index (χ2n) is 5.09. The molecule has 0 atom stereocenters. The first kappa shape index (κ1) is 16.0. The van der Waals surface area contributed by atoms with Gasteiger partial charge in [0.2, 0.25) is 5.91 Å². The second-order valence-corrected chi connectivity index (χ2v) is 6.86. The molecular weight excluding hydrogens is 426 g/mol. The third kappa shape index (κ3) is 3.11. The number of rotatable bonds is 3. The van der Waals surface area contributed by atoms with Crippen molar-refractivity contribution in [2.75, 3.05) is 5.32 Å². The number of hydrogen-bond donors (Lipinski definition) is 1. The van der Waals surface area contributed by atoms with E-state index in [1.165, 1.54) is 9.13 Å². The lowest BCUT2D eigenvalue weighted by molar-refractivity contribution is -0.116. The summed E-state index contributed by atoms with van der Waals surface area (Å²) in [5, 5.41) is 2.82. The highest BCUT2D eigenvalue weighted by molar-refractivity contribution is 9.11. The molecule has 3 aromatic rings.